The average molecular weight is 255 g/mol. The molecule has 1 rings (SSSR count). The van der Waals surface area contributed by atoms with Crippen LogP contribution in [0.25, 0.3) is 0 Å². The monoisotopic (exact) mass is 255 g/mol. The molecule has 4 heteroatoms. The second-order valence-electron chi connectivity index (χ2n) is 6.39. The molecule has 0 saturated heterocycles. The van der Waals surface area contributed by atoms with Crippen molar-refractivity contribution in [3.05, 3.63) is 0 Å². The minimum Gasteiger partial charge on any atom is -0.480 e. The summed E-state index contributed by atoms with van der Waals surface area (Å²) in [6, 6.07) is -0.812. The lowest BCUT2D eigenvalue weighted by Gasteiger charge is -2.27. The summed E-state index contributed by atoms with van der Waals surface area (Å²) in [5.74, 6) is -0.436. The minimum atomic E-state index is -0.961. The van der Waals surface area contributed by atoms with Crippen LogP contribution < -0.4 is 5.32 Å². The molecule has 1 amide bonds. The van der Waals surface area contributed by atoms with Crippen molar-refractivity contribution in [2.75, 3.05) is 0 Å². The number of hydrogen-bond acceptors (Lipinski definition) is 2. The number of carbonyl (C=O) groups is 2. The number of nitrogens with one attached hydrogen (secondary N) is 1. The highest BCUT2D eigenvalue weighted by Gasteiger charge is 2.32. The number of rotatable bonds is 5. The highest BCUT2D eigenvalue weighted by molar-refractivity contribution is 5.84. The van der Waals surface area contributed by atoms with Gasteiger partial charge < -0.3 is 10.4 Å². The molecule has 0 radical (unpaired) electrons. The van der Waals surface area contributed by atoms with E-state index in [4.69, 9.17) is 5.11 Å². The van der Waals surface area contributed by atoms with Gasteiger partial charge in [0, 0.05) is 6.42 Å². The lowest BCUT2D eigenvalue weighted by molar-refractivity contribution is -0.145. The van der Waals surface area contributed by atoms with Crippen molar-refractivity contribution in [1.29, 1.82) is 0 Å². The van der Waals surface area contributed by atoms with Gasteiger partial charge in [0.05, 0.1) is 0 Å². The molecule has 104 valence electrons. The lowest BCUT2D eigenvalue weighted by Crippen LogP contribution is -2.49. The quantitative estimate of drug-likeness (QED) is 0.793. The largest absolute Gasteiger partial charge is 0.480 e. The van der Waals surface area contributed by atoms with Crippen LogP contribution in [0.1, 0.15) is 59.3 Å². The summed E-state index contributed by atoms with van der Waals surface area (Å²) in [6.07, 6.45) is 6.31. The summed E-state index contributed by atoms with van der Waals surface area (Å²) in [4.78, 5) is 22.9. The first kappa shape index (κ1) is 15.0. The third-order valence-electron chi connectivity index (χ3n) is 3.67. The Morgan fingerprint density at radius 3 is 2.28 bits per heavy atom. The number of carboxylic acid groups (broad SMARTS) is 1. The van der Waals surface area contributed by atoms with Crippen molar-refractivity contribution in [3.8, 4) is 0 Å². The highest BCUT2D eigenvalue weighted by atomic mass is 16.4. The van der Waals surface area contributed by atoms with E-state index in [1.54, 1.807) is 0 Å². The molecule has 1 aliphatic rings. The average Bonchev–Trinajstić information content (AvgIpc) is 2.73. The smallest absolute Gasteiger partial charge is 0.326 e. The molecule has 1 saturated carbocycles. The van der Waals surface area contributed by atoms with Gasteiger partial charge in [0.1, 0.15) is 6.04 Å². The van der Waals surface area contributed by atoms with E-state index < -0.39 is 17.4 Å². The van der Waals surface area contributed by atoms with Crippen LogP contribution >= 0.6 is 0 Å². The lowest BCUT2D eigenvalue weighted by atomic mass is 9.86. The topological polar surface area (TPSA) is 66.4 Å². The zero-order valence-electron chi connectivity index (χ0n) is 11.7. The Morgan fingerprint density at radius 1 is 1.28 bits per heavy atom. The molecule has 1 unspecified atom stereocenters. The van der Waals surface area contributed by atoms with E-state index in [1.165, 1.54) is 25.7 Å². The Balaban J connectivity index is 2.39. The molecule has 0 aromatic carbocycles. The second-order valence-corrected chi connectivity index (χ2v) is 6.39. The van der Waals surface area contributed by atoms with Gasteiger partial charge in [0.25, 0.3) is 0 Å². The molecular weight excluding hydrogens is 230 g/mol. The summed E-state index contributed by atoms with van der Waals surface area (Å²) >= 11 is 0. The molecule has 0 aromatic heterocycles. The molecule has 0 aromatic rings. The molecule has 4 nitrogen and oxygen atoms in total. The van der Waals surface area contributed by atoms with Crippen molar-refractivity contribution in [2.24, 2.45) is 11.3 Å². The fraction of sp³-hybridized carbons (Fsp3) is 0.857. The SMILES string of the molecule is CC(C)(C)C(NC(=O)CCC1CCCC1)C(=O)O. The molecule has 1 atom stereocenters. The number of carbonyl (C=O) groups excluding carboxylic acids is 1. The van der Waals surface area contributed by atoms with Crippen LogP contribution in [0.3, 0.4) is 0 Å². The van der Waals surface area contributed by atoms with E-state index in [0.717, 1.165) is 6.42 Å². The summed E-state index contributed by atoms with van der Waals surface area (Å²) in [5.41, 5.74) is -0.463. The van der Waals surface area contributed by atoms with Crippen LogP contribution in [0.4, 0.5) is 0 Å². The first-order valence-corrected chi connectivity index (χ1v) is 6.83. The molecule has 2 N–H and O–H groups in total. The van der Waals surface area contributed by atoms with Gasteiger partial charge in [-0.05, 0) is 17.8 Å². The fourth-order valence-corrected chi connectivity index (χ4v) is 2.52. The fourth-order valence-electron chi connectivity index (χ4n) is 2.52. The molecule has 1 fully saturated rings. The second kappa shape index (κ2) is 6.21. The van der Waals surface area contributed by atoms with Gasteiger partial charge in [-0.1, -0.05) is 46.5 Å². The summed E-state index contributed by atoms with van der Waals surface area (Å²) in [7, 11) is 0. The van der Waals surface area contributed by atoms with Gasteiger partial charge in [0.15, 0.2) is 0 Å². The maximum Gasteiger partial charge on any atom is 0.326 e. The molecule has 0 spiro atoms. The standard InChI is InChI=1S/C14H25NO3/c1-14(2,3)12(13(17)18)15-11(16)9-8-10-6-4-5-7-10/h10,12H,4-9H2,1-3H3,(H,15,16)(H,17,18). The zero-order valence-corrected chi connectivity index (χ0v) is 11.7. The Bertz CT molecular complexity index is 301. The normalized spacial score (nSPS) is 18.6. The molecule has 0 aliphatic heterocycles. The van der Waals surface area contributed by atoms with Gasteiger partial charge >= 0.3 is 5.97 Å². The molecule has 0 bridgehead atoms. The van der Waals surface area contributed by atoms with Gasteiger partial charge in [-0.3, -0.25) is 4.79 Å². The van der Waals surface area contributed by atoms with Crippen LogP contribution in [0.2, 0.25) is 0 Å². The Labute approximate surface area is 109 Å². The van der Waals surface area contributed by atoms with Crippen molar-refractivity contribution in [3.63, 3.8) is 0 Å². The van der Waals surface area contributed by atoms with Crippen molar-refractivity contribution < 1.29 is 14.7 Å². The first-order valence-electron chi connectivity index (χ1n) is 6.83. The van der Waals surface area contributed by atoms with E-state index in [2.05, 4.69) is 5.32 Å². The van der Waals surface area contributed by atoms with Crippen LogP contribution in [0.5, 0.6) is 0 Å². The van der Waals surface area contributed by atoms with Crippen LogP contribution in [-0.2, 0) is 9.59 Å². The van der Waals surface area contributed by atoms with E-state index in [0.29, 0.717) is 12.3 Å². The van der Waals surface area contributed by atoms with Gasteiger partial charge in [-0.15, -0.1) is 0 Å². The van der Waals surface area contributed by atoms with Crippen molar-refractivity contribution >= 4 is 11.9 Å². The van der Waals surface area contributed by atoms with E-state index in [9.17, 15) is 9.59 Å². The van der Waals surface area contributed by atoms with Crippen LogP contribution in [0, 0.1) is 11.3 Å². The summed E-state index contributed by atoms with van der Waals surface area (Å²) in [5, 5.41) is 11.8. The van der Waals surface area contributed by atoms with Crippen molar-refractivity contribution in [2.45, 2.75) is 65.3 Å². The highest BCUT2D eigenvalue weighted by Crippen LogP contribution is 2.28. The summed E-state index contributed by atoms with van der Waals surface area (Å²) in [6.45, 7) is 5.47. The summed E-state index contributed by atoms with van der Waals surface area (Å²) < 4.78 is 0. The molecule has 1 aliphatic carbocycles. The molecular formula is C14H25NO3. The maximum atomic E-state index is 11.8. The zero-order chi connectivity index (χ0) is 13.8. The number of hydrogen-bond donors (Lipinski definition) is 2. The van der Waals surface area contributed by atoms with E-state index >= 15 is 0 Å². The Kier molecular flexibility index (Phi) is 5.17. The molecule has 0 heterocycles. The Morgan fingerprint density at radius 2 is 1.83 bits per heavy atom. The minimum absolute atomic E-state index is 0.135. The van der Waals surface area contributed by atoms with Crippen LogP contribution in [0.15, 0.2) is 0 Å². The third kappa shape index (κ3) is 4.67. The van der Waals surface area contributed by atoms with E-state index in [-0.39, 0.29) is 5.91 Å². The molecule has 18 heavy (non-hydrogen) atoms. The third-order valence-corrected chi connectivity index (χ3v) is 3.67. The number of carboxylic acids is 1. The maximum absolute atomic E-state index is 11.8. The predicted octanol–water partition coefficient (Wildman–Crippen LogP) is 2.57. The van der Waals surface area contributed by atoms with Crippen LogP contribution in [-0.4, -0.2) is 23.0 Å². The van der Waals surface area contributed by atoms with E-state index in [1.807, 2.05) is 20.8 Å². The number of amides is 1. The Hall–Kier alpha value is -1.06. The van der Waals surface area contributed by atoms with Crippen molar-refractivity contribution in [1.82, 2.24) is 5.32 Å². The van der Waals surface area contributed by atoms with Gasteiger partial charge in [-0.2, -0.15) is 0 Å². The number of aliphatic carboxylic acids is 1. The first-order chi connectivity index (χ1) is 8.30. The predicted molar refractivity (Wildman–Crippen MR) is 70.2 cm³/mol. The van der Waals surface area contributed by atoms with Gasteiger partial charge in [0.2, 0.25) is 5.91 Å². The van der Waals surface area contributed by atoms with Gasteiger partial charge in [-0.25, -0.2) is 4.79 Å².